The number of aryl methyl sites for hydroxylation is 2. The van der Waals surface area contributed by atoms with Gasteiger partial charge >= 0.3 is 0 Å². The molecule has 0 aliphatic carbocycles. The summed E-state index contributed by atoms with van der Waals surface area (Å²) in [5.41, 5.74) is 2.86. The van der Waals surface area contributed by atoms with E-state index in [2.05, 4.69) is 42.5 Å². The van der Waals surface area contributed by atoms with Crippen LogP contribution in [0, 0.1) is 13.8 Å². The van der Waals surface area contributed by atoms with Crippen LogP contribution in [-0.2, 0) is 4.79 Å². The minimum absolute atomic E-state index is 0.0855. The van der Waals surface area contributed by atoms with Crippen molar-refractivity contribution >= 4 is 60.8 Å². The summed E-state index contributed by atoms with van der Waals surface area (Å²) in [5, 5.41) is 15.2. The number of phenols is 1. The molecule has 2 aromatic carbocycles. The Kier molecular flexibility index (Phi) is 6.80. The van der Waals surface area contributed by atoms with Crippen molar-refractivity contribution < 1.29 is 14.6 Å². The SMILES string of the molecule is Cc1ccc(OCC(=O)NC(=S)Nc2cc(Br)c(O)c(Br)c2)cc1C. The van der Waals surface area contributed by atoms with Gasteiger partial charge in [-0.3, -0.25) is 10.1 Å². The van der Waals surface area contributed by atoms with E-state index < -0.39 is 0 Å². The summed E-state index contributed by atoms with van der Waals surface area (Å²) in [5.74, 6) is 0.346. The highest BCUT2D eigenvalue weighted by Gasteiger charge is 2.09. The quantitative estimate of drug-likeness (QED) is 0.439. The average Bonchev–Trinajstić information content (AvgIpc) is 2.53. The van der Waals surface area contributed by atoms with Crippen molar-refractivity contribution in [2.75, 3.05) is 11.9 Å². The molecule has 0 atom stereocenters. The van der Waals surface area contributed by atoms with E-state index >= 15 is 0 Å². The van der Waals surface area contributed by atoms with Gasteiger partial charge in [0.2, 0.25) is 0 Å². The monoisotopic (exact) mass is 486 g/mol. The van der Waals surface area contributed by atoms with Gasteiger partial charge < -0.3 is 15.2 Å². The number of nitrogens with one attached hydrogen (secondary N) is 2. The largest absolute Gasteiger partial charge is 0.506 e. The minimum atomic E-state index is -0.368. The van der Waals surface area contributed by atoms with E-state index in [1.54, 1.807) is 12.1 Å². The Balaban J connectivity index is 1.87. The number of phenolic OH excluding ortho intramolecular Hbond substituents is 1. The second kappa shape index (κ2) is 8.64. The van der Waals surface area contributed by atoms with Crippen molar-refractivity contribution in [1.82, 2.24) is 5.32 Å². The topological polar surface area (TPSA) is 70.6 Å². The Labute approximate surface area is 168 Å². The highest BCUT2D eigenvalue weighted by Crippen LogP contribution is 2.35. The molecule has 0 heterocycles. The first-order chi connectivity index (χ1) is 11.8. The van der Waals surface area contributed by atoms with Crippen molar-refractivity contribution in [2.24, 2.45) is 0 Å². The molecule has 132 valence electrons. The summed E-state index contributed by atoms with van der Waals surface area (Å²) in [4.78, 5) is 11.9. The molecule has 1 amide bonds. The number of hydrogen-bond donors (Lipinski definition) is 3. The van der Waals surface area contributed by atoms with Gasteiger partial charge in [0.25, 0.3) is 5.91 Å². The molecule has 3 N–H and O–H groups in total. The Bertz CT molecular complexity index is 805. The molecule has 2 rings (SSSR count). The number of carbonyl (C=O) groups excluding carboxylic acids is 1. The van der Waals surface area contributed by atoms with Gasteiger partial charge in [0.1, 0.15) is 11.5 Å². The van der Waals surface area contributed by atoms with Gasteiger partial charge in [-0.05, 0) is 93.3 Å². The molecule has 2 aromatic rings. The van der Waals surface area contributed by atoms with Crippen molar-refractivity contribution in [1.29, 1.82) is 0 Å². The molecule has 0 radical (unpaired) electrons. The van der Waals surface area contributed by atoms with Crippen LogP contribution < -0.4 is 15.4 Å². The summed E-state index contributed by atoms with van der Waals surface area (Å²) in [6.07, 6.45) is 0. The van der Waals surface area contributed by atoms with E-state index in [0.717, 1.165) is 11.1 Å². The van der Waals surface area contributed by atoms with Gasteiger partial charge in [-0.25, -0.2) is 0 Å². The van der Waals surface area contributed by atoms with Crippen LogP contribution in [0.4, 0.5) is 5.69 Å². The van der Waals surface area contributed by atoms with Crippen molar-refractivity contribution in [3.05, 3.63) is 50.4 Å². The molecule has 25 heavy (non-hydrogen) atoms. The number of benzene rings is 2. The third kappa shape index (κ3) is 5.69. The summed E-state index contributed by atoms with van der Waals surface area (Å²) >= 11 is 11.6. The van der Waals surface area contributed by atoms with E-state index in [9.17, 15) is 9.90 Å². The van der Waals surface area contributed by atoms with Gasteiger partial charge in [-0.2, -0.15) is 0 Å². The summed E-state index contributed by atoms with van der Waals surface area (Å²) in [7, 11) is 0. The molecular weight excluding hydrogens is 472 g/mol. The Morgan fingerprint density at radius 3 is 2.40 bits per heavy atom. The normalized spacial score (nSPS) is 10.2. The maximum Gasteiger partial charge on any atom is 0.264 e. The molecule has 0 aromatic heterocycles. The zero-order chi connectivity index (χ0) is 18.6. The number of halogens is 2. The number of anilines is 1. The number of thiocarbonyl (C=S) groups is 1. The van der Waals surface area contributed by atoms with E-state index in [1.807, 2.05) is 32.0 Å². The first-order valence-corrected chi connectivity index (χ1v) is 9.24. The van der Waals surface area contributed by atoms with E-state index in [-0.39, 0.29) is 23.4 Å². The smallest absolute Gasteiger partial charge is 0.264 e. The van der Waals surface area contributed by atoms with Gasteiger partial charge in [-0.1, -0.05) is 6.07 Å². The highest BCUT2D eigenvalue weighted by atomic mass is 79.9. The molecule has 0 aliphatic heterocycles. The molecular formula is C17H16Br2N2O3S. The predicted molar refractivity (Wildman–Crippen MR) is 109 cm³/mol. The highest BCUT2D eigenvalue weighted by molar-refractivity contribution is 9.11. The van der Waals surface area contributed by atoms with Gasteiger partial charge in [0.15, 0.2) is 11.7 Å². The second-order valence-electron chi connectivity index (χ2n) is 5.33. The number of hydrogen-bond acceptors (Lipinski definition) is 4. The molecule has 0 fully saturated rings. The number of aromatic hydroxyl groups is 1. The van der Waals surface area contributed by atoms with Crippen molar-refractivity contribution in [3.63, 3.8) is 0 Å². The molecule has 0 bridgehead atoms. The first-order valence-electron chi connectivity index (χ1n) is 7.25. The maximum absolute atomic E-state index is 11.9. The lowest BCUT2D eigenvalue weighted by molar-refractivity contribution is -0.121. The van der Waals surface area contributed by atoms with Crippen LogP contribution in [0.15, 0.2) is 39.3 Å². The van der Waals surface area contributed by atoms with E-state index in [0.29, 0.717) is 20.4 Å². The molecule has 0 saturated carbocycles. The Morgan fingerprint density at radius 1 is 1.16 bits per heavy atom. The summed E-state index contributed by atoms with van der Waals surface area (Å²) in [6.45, 7) is 3.85. The van der Waals surface area contributed by atoms with Crippen LogP contribution in [0.2, 0.25) is 0 Å². The van der Waals surface area contributed by atoms with Crippen molar-refractivity contribution in [3.8, 4) is 11.5 Å². The summed E-state index contributed by atoms with van der Waals surface area (Å²) in [6, 6.07) is 8.92. The standard InChI is InChI=1S/C17H16Br2N2O3S/c1-9-3-4-12(5-10(9)2)24-8-15(22)21-17(25)20-11-6-13(18)16(23)14(19)7-11/h3-7,23H,8H2,1-2H3,(H2,20,21,22,25). The second-order valence-corrected chi connectivity index (χ2v) is 7.44. The Hall–Kier alpha value is -1.64. The fourth-order valence-corrected chi connectivity index (χ4v) is 3.33. The minimum Gasteiger partial charge on any atom is -0.506 e. The first kappa shape index (κ1) is 19.7. The molecule has 8 heteroatoms. The van der Waals surface area contributed by atoms with E-state index in [1.165, 1.54) is 0 Å². The van der Waals surface area contributed by atoms with E-state index in [4.69, 9.17) is 17.0 Å². The molecule has 5 nitrogen and oxygen atoms in total. The van der Waals surface area contributed by atoms with Crippen LogP contribution in [0.3, 0.4) is 0 Å². The zero-order valence-corrected chi connectivity index (χ0v) is 17.5. The van der Waals surface area contributed by atoms with Crippen LogP contribution in [-0.4, -0.2) is 22.7 Å². The third-order valence-electron chi connectivity index (χ3n) is 3.38. The van der Waals surface area contributed by atoms with Crippen molar-refractivity contribution in [2.45, 2.75) is 13.8 Å². The Morgan fingerprint density at radius 2 is 1.80 bits per heavy atom. The van der Waals surface area contributed by atoms with Crippen LogP contribution in [0.1, 0.15) is 11.1 Å². The number of rotatable bonds is 4. The molecule has 0 aliphatic rings. The lowest BCUT2D eigenvalue weighted by Crippen LogP contribution is -2.37. The lowest BCUT2D eigenvalue weighted by Gasteiger charge is -2.12. The van der Waals surface area contributed by atoms with Crippen LogP contribution in [0.5, 0.6) is 11.5 Å². The maximum atomic E-state index is 11.9. The number of amides is 1. The van der Waals surface area contributed by atoms with Gasteiger partial charge in [-0.15, -0.1) is 0 Å². The molecule has 0 spiro atoms. The molecule has 0 unspecified atom stereocenters. The van der Waals surface area contributed by atoms with Crippen LogP contribution >= 0.6 is 44.1 Å². The average molecular weight is 488 g/mol. The zero-order valence-electron chi connectivity index (χ0n) is 13.5. The number of carbonyl (C=O) groups is 1. The summed E-state index contributed by atoms with van der Waals surface area (Å²) < 4.78 is 6.45. The molecule has 0 saturated heterocycles. The van der Waals surface area contributed by atoms with Crippen LogP contribution in [0.25, 0.3) is 0 Å². The number of ether oxygens (including phenoxy) is 1. The fraction of sp³-hybridized carbons (Fsp3) is 0.176. The van der Waals surface area contributed by atoms with Gasteiger partial charge in [0, 0.05) is 5.69 Å². The van der Waals surface area contributed by atoms with Gasteiger partial charge in [0.05, 0.1) is 8.95 Å². The predicted octanol–water partition coefficient (Wildman–Crippen LogP) is 4.43. The fourth-order valence-electron chi connectivity index (χ4n) is 1.92. The lowest BCUT2D eigenvalue weighted by atomic mass is 10.1. The third-order valence-corrected chi connectivity index (χ3v) is 4.79.